The lowest BCUT2D eigenvalue weighted by Crippen LogP contribution is -2.07. The van der Waals surface area contributed by atoms with Gasteiger partial charge in [-0.05, 0) is 25.2 Å². The minimum atomic E-state index is -0.340. The Hall–Kier alpha value is -0.300. The molecule has 0 aliphatic rings. The number of halogens is 1. The highest BCUT2D eigenvalue weighted by Crippen LogP contribution is 2.39. The van der Waals surface area contributed by atoms with Crippen molar-refractivity contribution in [3.8, 4) is 5.75 Å². The summed E-state index contributed by atoms with van der Waals surface area (Å²) < 4.78 is 6.02. The second kappa shape index (κ2) is 7.11. The fourth-order valence-corrected chi connectivity index (χ4v) is 2.81. The standard InChI is InChI=1S/C12H19ClNOP/c1-4-16(5-2)15-12-7-6-11(13)8-10(12)9-14-3/h6-8,14H,4-5,9H2,1-3H3. The normalized spacial score (nSPS) is 10.8. The summed E-state index contributed by atoms with van der Waals surface area (Å²) in [5.74, 6) is 0.966. The molecule has 0 saturated heterocycles. The highest BCUT2D eigenvalue weighted by Gasteiger charge is 2.09. The Balaban J connectivity index is 2.84. The van der Waals surface area contributed by atoms with Gasteiger partial charge in [-0.25, -0.2) is 0 Å². The Labute approximate surface area is 104 Å². The number of nitrogens with one attached hydrogen (secondary N) is 1. The maximum absolute atomic E-state index is 6.02. The molecule has 1 N–H and O–H groups in total. The maximum Gasteiger partial charge on any atom is 0.127 e. The van der Waals surface area contributed by atoms with Crippen LogP contribution in [0, 0.1) is 0 Å². The van der Waals surface area contributed by atoms with E-state index in [2.05, 4.69) is 19.2 Å². The molecule has 0 fully saturated rings. The molecule has 0 aliphatic carbocycles. The van der Waals surface area contributed by atoms with Crippen molar-refractivity contribution in [2.24, 2.45) is 0 Å². The fraction of sp³-hybridized carbons (Fsp3) is 0.500. The minimum absolute atomic E-state index is 0.340. The molecule has 0 radical (unpaired) electrons. The first kappa shape index (κ1) is 13.8. The van der Waals surface area contributed by atoms with Crippen molar-refractivity contribution in [3.63, 3.8) is 0 Å². The van der Waals surface area contributed by atoms with E-state index >= 15 is 0 Å². The van der Waals surface area contributed by atoms with E-state index in [-0.39, 0.29) is 8.15 Å². The van der Waals surface area contributed by atoms with E-state index in [1.165, 1.54) is 0 Å². The monoisotopic (exact) mass is 259 g/mol. The summed E-state index contributed by atoms with van der Waals surface area (Å²) in [7, 11) is 1.58. The zero-order chi connectivity index (χ0) is 12.0. The molecule has 0 amide bonds. The van der Waals surface area contributed by atoms with E-state index in [1.54, 1.807) is 0 Å². The van der Waals surface area contributed by atoms with Crippen LogP contribution in [0.4, 0.5) is 0 Å². The topological polar surface area (TPSA) is 21.3 Å². The van der Waals surface area contributed by atoms with Crippen LogP contribution in [0.1, 0.15) is 19.4 Å². The summed E-state index contributed by atoms with van der Waals surface area (Å²) in [6, 6.07) is 5.82. The molecule has 0 unspecified atom stereocenters. The third-order valence-corrected chi connectivity index (χ3v) is 4.42. The molecule has 4 heteroatoms. The van der Waals surface area contributed by atoms with Crippen molar-refractivity contribution in [3.05, 3.63) is 28.8 Å². The largest absolute Gasteiger partial charge is 0.474 e. The fourth-order valence-electron chi connectivity index (χ4n) is 1.46. The summed E-state index contributed by atoms with van der Waals surface area (Å²) in [5.41, 5.74) is 1.13. The zero-order valence-corrected chi connectivity index (χ0v) is 11.7. The average Bonchev–Trinajstić information content (AvgIpc) is 2.29. The van der Waals surface area contributed by atoms with E-state index in [0.29, 0.717) is 0 Å². The molecule has 0 atom stereocenters. The number of rotatable bonds is 6. The Morgan fingerprint density at radius 2 is 2.00 bits per heavy atom. The van der Waals surface area contributed by atoms with Crippen molar-refractivity contribution in [1.29, 1.82) is 0 Å². The van der Waals surface area contributed by atoms with Crippen LogP contribution in [0.2, 0.25) is 5.02 Å². The summed E-state index contributed by atoms with van der Waals surface area (Å²) in [5, 5.41) is 3.89. The first-order valence-corrected chi connectivity index (χ1v) is 7.58. The molecule has 0 spiro atoms. The van der Waals surface area contributed by atoms with Crippen LogP contribution in [0.15, 0.2) is 18.2 Å². The molecule has 2 nitrogen and oxygen atoms in total. The number of hydrogen-bond donors (Lipinski definition) is 1. The van der Waals surface area contributed by atoms with Gasteiger partial charge in [-0.2, -0.15) is 0 Å². The van der Waals surface area contributed by atoms with Crippen LogP contribution in [-0.4, -0.2) is 19.4 Å². The third-order valence-electron chi connectivity index (χ3n) is 2.32. The van der Waals surface area contributed by atoms with Crippen LogP contribution in [0.5, 0.6) is 5.75 Å². The van der Waals surface area contributed by atoms with Crippen molar-refractivity contribution < 1.29 is 4.52 Å². The third kappa shape index (κ3) is 3.93. The lowest BCUT2D eigenvalue weighted by Gasteiger charge is -2.18. The van der Waals surface area contributed by atoms with E-state index in [4.69, 9.17) is 16.1 Å². The molecule has 16 heavy (non-hydrogen) atoms. The molecule has 0 heterocycles. The van der Waals surface area contributed by atoms with E-state index in [0.717, 1.165) is 35.2 Å². The predicted octanol–water partition coefficient (Wildman–Crippen LogP) is 3.87. The van der Waals surface area contributed by atoms with Gasteiger partial charge in [-0.1, -0.05) is 25.4 Å². The van der Waals surface area contributed by atoms with Gasteiger partial charge in [-0.3, -0.25) is 0 Å². The van der Waals surface area contributed by atoms with Crippen LogP contribution in [0.25, 0.3) is 0 Å². The molecule has 0 aliphatic heterocycles. The summed E-state index contributed by atoms with van der Waals surface area (Å²) in [6.07, 6.45) is 2.18. The first-order chi connectivity index (χ1) is 7.71. The molecule has 1 aromatic rings. The van der Waals surface area contributed by atoms with Gasteiger partial charge in [0.1, 0.15) is 5.75 Å². The van der Waals surface area contributed by atoms with E-state index in [1.807, 2.05) is 25.2 Å². The maximum atomic E-state index is 6.02. The van der Waals surface area contributed by atoms with Crippen molar-refractivity contribution in [2.45, 2.75) is 20.4 Å². The summed E-state index contributed by atoms with van der Waals surface area (Å²) >= 11 is 5.98. The van der Waals surface area contributed by atoms with E-state index in [9.17, 15) is 0 Å². The minimum Gasteiger partial charge on any atom is -0.474 e. The van der Waals surface area contributed by atoms with Gasteiger partial charge >= 0.3 is 0 Å². The van der Waals surface area contributed by atoms with Crippen LogP contribution < -0.4 is 9.84 Å². The second-order valence-electron chi connectivity index (χ2n) is 3.49. The van der Waals surface area contributed by atoms with Gasteiger partial charge < -0.3 is 9.84 Å². The smallest absolute Gasteiger partial charge is 0.127 e. The van der Waals surface area contributed by atoms with E-state index < -0.39 is 0 Å². The number of hydrogen-bond acceptors (Lipinski definition) is 2. The highest BCUT2D eigenvalue weighted by molar-refractivity contribution is 7.52. The average molecular weight is 260 g/mol. The molecule has 90 valence electrons. The Morgan fingerprint density at radius 3 is 2.56 bits per heavy atom. The Morgan fingerprint density at radius 1 is 1.31 bits per heavy atom. The second-order valence-corrected chi connectivity index (χ2v) is 6.34. The molecule has 1 aromatic carbocycles. The molecule has 0 bridgehead atoms. The van der Waals surface area contributed by atoms with Crippen molar-refractivity contribution >= 4 is 19.7 Å². The van der Waals surface area contributed by atoms with Gasteiger partial charge in [0.2, 0.25) is 0 Å². The summed E-state index contributed by atoms with van der Waals surface area (Å²) in [6.45, 7) is 5.12. The van der Waals surface area contributed by atoms with Crippen molar-refractivity contribution in [2.75, 3.05) is 19.4 Å². The predicted molar refractivity (Wildman–Crippen MR) is 72.8 cm³/mol. The van der Waals surface area contributed by atoms with Crippen molar-refractivity contribution in [1.82, 2.24) is 5.32 Å². The highest BCUT2D eigenvalue weighted by atomic mass is 35.5. The van der Waals surface area contributed by atoms with Gasteiger partial charge in [-0.15, -0.1) is 0 Å². The molecule has 0 saturated carbocycles. The summed E-state index contributed by atoms with van der Waals surface area (Å²) in [4.78, 5) is 0. The molecule has 1 rings (SSSR count). The number of benzene rings is 1. The van der Waals surface area contributed by atoms with Crippen LogP contribution in [0.3, 0.4) is 0 Å². The zero-order valence-electron chi connectivity index (χ0n) is 10.1. The van der Waals surface area contributed by atoms with Gasteiger partial charge in [0.15, 0.2) is 0 Å². The lowest BCUT2D eigenvalue weighted by molar-refractivity contribution is 0.598. The van der Waals surface area contributed by atoms with Gasteiger partial charge in [0, 0.05) is 29.5 Å². The van der Waals surface area contributed by atoms with Gasteiger partial charge in [0.25, 0.3) is 0 Å². The quantitative estimate of drug-likeness (QED) is 0.783. The Kier molecular flexibility index (Phi) is 6.12. The Bertz CT molecular complexity index is 329. The van der Waals surface area contributed by atoms with Gasteiger partial charge in [0.05, 0.1) is 8.15 Å². The lowest BCUT2D eigenvalue weighted by atomic mass is 10.2. The molecular formula is C12H19ClNOP. The molecule has 0 aromatic heterocycles. The SMILES string of the molecule is CCP(CC)Oc1ccc(Cl)cc1CNC. The van der Waals surface area contributed by atoms with Crippen LogP contribution in [-0.2, 0) is 6.54 Å². The molecular weight excluding hydrogens is 241 g/mol. The van der Waals surface area contributed by atoms with Crippen LogP contribution >= 0.6 is 19.7 Å². The first-order valence-electron chi connectivity index (χ1n) is 5.57.